The smallest absolute Gasteiger partial charge is 0.256 e. The molecule has 0 saturated heterocycles. The molecule has 1 aromatic heterocycles. The highest BCUT2D eigenvalue weighted by Gasteiger charge is 2.14. The van der Waals surface area contributed by atoms with Crippen molar-refractivity contribution in [1.29, 1.82) is 0 Å². The van der Waals surface area contributed by atoms with Crippen molar-refractivity contribution >= 4 is 37.6 Å². The van der Waals surface area contributed by atoms with E-state index in [1.165, 1.54) is 0 Å². The molecule has 3 aromatic rings. The fourth-order valence-electron chi connectivity index (χ4n) is 2.57. The Morgan fingerprint density at radius 2 is 1.90 bits per heavy atom. The maximum atomic E-state index is 12.2. The fourth-order valence-corrected chi connectivity index (χ4v) is 3.26. The SMILES string of the molecule is COc1cc(C)c2[nH]c(=O)c3ccc(C)cc3c2c1Br. The summed E-state index contributed by atoms with van der Waals surface area (Å²) >= 11 is 3.60. The number of pyridine rings is 1. The van der Waals surface area contributed by atoms with E-state index in [-0.39, 0.29) is 5.56 Å². The molecule has 0 saturated carbocycles. The Labute approximate surface area is 124 Å². The lowest BCUT2D eigenvalue weighted by molar-refractivity contribution is 0.412. The molecule has 0 amide bonds. The number of hydrogen-bond acceptors (Lipinski definition) is 2. The Morgan fingerprint density at radius 1 is 1.15 bits per heavy atom. The van der Waals surface area contributed by atoms with Crippen LogP contribution < -0.4 is 10.3 Å². The van der Waals surface area contributed by atoms with Crippen LogP contribution in [0.3, 0.4) is 0 Å². The van der Waals surface area contributed by atoms with Gasteiger partial charge in [0, 0.05) is 10.8 Å². The van der Waals surface area contributed by atoms with Gasteiger partial charge >= 0.3 is 0 Å². The lowest BCUT2D eigenvalue weighted by Crippen LogP contribution is -2.07. The molecule has 0 aliphatic carbocycles. The number of rotatable bonds is 1. The number of halogens is 1. The van der Waals surface area contributed by atoms with Gasteiger partial charge in [-0.25, -0.2) is 0 Å². The fraction of sp³-hybridized carbons (Fsp3) is 0.188. The molecule has 102 valence electrons. The molecule has 0 unspecified atom stereocenters. The van der Waals surface area contributed by atoms with Crippen molar-refractivity contribution in [3.8, 4) is 5.75 Å². The molecule has 3 nitrogen and oxygen atoms in total. The molecule has 0 spiro atoms. The minimum Gasteiger partial charge on any atom is -0.496 e. The molecule has 1 N–H and O–H groups in total. The topological polar surface area (TPSA) is 42.1 Å². The van der Waals surface area contributed by atoms with Crippen molar-refractivity contribution in [2.75, 3.05) is 7.11 Å². The molecular formula is C16H14BrNO2. The third kappa shape index (κ3) is 1.83. The summed E-state index contributed by atoms with van der Waals surface area (Å²) in [6, 6.07) is 7.77. The first-order valence-electron chi connectivity index (χ1n) is 6.32. The maximum absolute atomic E-state index is 12.2. The van der Waals surface area contributed by atoms with Gasteiger partial charge in [0.05, 0.1) is 17.1 Å². The summed E-state index contributed by atoms with van der Waals surface area (Å²) in [5.74, 6) is 0.768. The third-order valence-electron chi connectivity index (χ3n) is 3.58. The standard InChI is InChI=1S/C16H14BrNO2/c1-8-4-5-10-11(6-8)13-14(17)12(20-3)7-9(2)15(13)18-16(10)19/h4-7H,1-3H3,(H,18,19). The van der Waals surface area contributed by atoms with Crippen LogP contribution in [0.15, 0.2) is 33.5 Å². The van der Waals surface area contributed by atoms with Crippen LogP contribution in [0, 0.1) is 13.8 Å². The first kappa shape index (κ1) is 13.2. The van der Waals surface area contributed by atoms with Crippen molar-refractivity contribution in [1.82, 2.24) is 4.98 Å². The first-order valence-corrected chi connectivity index (χ1v) is 7.11. The van der Waals surface area contributed by atoms with Crippen LogP contribution in [0.1, 0.15) is 11.1 Å². The number of hydrogen-bond donors (Lipinski definition) is 1. The number of aromatic amines is 1. The number of benzene rings is 2. The molecule has 0 radical (unpaired) electrons. The maximum Gasteiger partial charge on any atom is 0.256 e. The van der Waals surface area contributed by atoms with Crippen LogP contribution in [0.25, 0.3) is 21.7 Å². The lowest BCUT2D eigenvalue weighted by atomic mass is 10.0. The Hall–Kier alpha value is -1.81. The van der Waals surface area contributed by atoms with Crippen molar-refractivity contribution in [3.63, 3.8) is 0 Å². The zero-order valence-corrected chi connectivity index (χ0v) is 13.1. The second-order valence-corrected chi connectivity index (χ2v) is 5.76. The highest BCUT2D eigenvalue weighted by atomic mass is 79.9. The van der Waals surface area contributed by atoms with E-state index in [1.807, 2.05) is 38.1 Å². The molecule has 4 heteroatoms. The molecule has 3 rings (SSSR count). The molecule has 0 aliphatic heterocycles. The van der Waals surface area contributed by atoms with Crippen LogP contribution in [0.2, 0.25) is 0 Å². The first-order chi connectivity index (χ1) is 9.52. The molecule has 0 bridgehead atoms. The number of ether oxygens (including phenoxy) is 1. The van der Waals surface area contributed by atoms with Gasteiger partial charge in [-0.3, -0.25) is 4.79 Å². The van der Waals surface area contributed by atoms with E-state index in [2.05, 4.69) is 20.9 Å². The summed E-state index contributed by atoms with van der Waals surface area (Å²) in [6.45, 7) is 3.99. The Morgan fingerprint density at radius 3 is 2.60 bits per heavy atom. The number of methoxy groups -OCH3 is 1. The molecule has 0 aliphatic rings. The van der Waals surface area contributed by atoms with Gasteiger partial charge in [0.25, 0.3) is 5.56 Å². The van der Waals surface area contributed by atoms with Crippen LogP contribution in [-0.4, -0.2) is 12.1 Å². The van der Waals surface area contributed by atoms with Gasteiger partial charge < -0.3 is 9.72 Å². The molecular weight excluding hydrogens is 318 g/mol. The predicted molar refractivity (Wildman–Crippen MR) is 85.8 cm³/mol. The average molecular weight is 332 g/mol. The van der Waals surface area contributed by atoms with Crippen LogP contribution in [0.4, 0.5) is 0 Å². The highest BCUT2D eigenvalue weighted by Crippen LogP contribution is 2.37. The average Bonchev–Trinajstić information content (AvgIpc) is 2.42. The van der Waals surface area contributed by atoms with Gasteiger partial charge in [0.15, 0.2) is 0 Å². The van der Waals surface area contributed by atoms with E-state index in [0.29, 0.717) is 5.39 Å². The Bertz CT molecular complexity index is 896. The van der Waals surface area contributed by atoms with E-state index >= 15 is 0 Å². The van der Waals surface area contributed by atoms with Gasteiger partial charge in [0.1, 0.15) is 5.75 Å². The predicted octanol–water partition coefficient (Wildman–Crippen LogP) is 4.07. The van der Waals surface area contributed by atoms with Crippen LogP contribution >= 0.6 is 15.9 Å². The third-order valence-corrected chi connectivity index (χ3v) is 4.36. The monoisotopic (exact) mass is 331 g/mol. The minimum absolute atomic E-state index is 0.0623. The normalized spacial score (nSPS) is 11.2. The van der Waals surface area contributed by atoms with Crippen molar-refractivity contribution in [2.24, 2.45) is 0 Å². The Balaban J connectivity index is 2.67. The molecule has 0 atom stereocenters. The van der Waals surface area contributed by atoms with E-state index in [0.717, 1.165) is 37.6 Å². The number of H-pyrrole nitrogens is 1. The van der Waals surface area contributed by atoms with Crippen molar-refractivity contribution < 1.29 is 4.74 Å². The number of aromatic nitrogens is 1. The number of aryl methyl sites for hydroxylation is 2. The largest absolute Gasteiger partial charge is 0.496 e. The summed E-state index contributed by atoms with van der Waals surface area (Å²) in [7, 11) is 1.64. The van der Waals surface area contributed by atoms with E-state index in [9.17, 15) is 4.79 Å². The summed E-state index contributed by atoms with van der Waals surface area (Å²) in [5.41, 5.74) is 2.89. The number of nitrogens with one attached hydrogen (secondary N) is 1. The number of fused-ring (bicyclic) bond motifs is 3. The van der Waals surface area contributed by atoms with Crippen molar-refractivity contribution in [3.05, 3.63) is 50.2 Å². The minimum atomic E-state index is -0.0623. The summed E-state index contributed by atoms with van der Waals surface area (Å²) < 4.78 is 6.27. The highest BCUT2D eigenvalue weighted by molar-refractivity contribution is 9.10. The van der Waals surface area contributed by atoms with Crippen molar-refractivity contribution in [2.45, 2.75) is 13.8 Å². The zero-order valence-electron chi connectivity index (χ0n) is 11.5. The van der Waals surface area contributed by atoms with E-state index in [1.54, 1.807) is 7.11 Å². The van der Waals surface area contributed by atoms with E-state index in [4.69, 9.17) is 4.74 Å². The lowest BCUT2D eigenvalue weighted by Gasteiger charge is -2.12. The molecule has 20 heavy (non-hydrogen) atoms. The van der Waals surface area contributed by atoms with Gasteiger partial charge in [0.2, 0.25) is 0 Å². The van der Waals surface area contributed by atoms with Gasteiger partial charge in [-0.15, -0.1) is 0 Å². The zero-order chi connectivity index (χ0) is 14.4. The summed E-state index contributed by atoms with van der Waals surface area (Å²) in [6.07, 6.45) is 0. The van der Waals surface area contributed by atoms with Crippen LogP contribution in [0.5, 0.6) is 5.75 Å². The van der Waals surface area contributed by atoms with Gasteiger partial charge in [-0.1, -0.05) is 17.7 Å². The van der Waals surface area contributed by atoms with Gasteiger partial charge in [-0.2, -0.15) is 0 Å². The second kappa shape index (κ2) is 4.63. The summed E-state index contributed by atoms with van der Waals surface area (Å²) in [5, 5.41) is 2.62. The second-order valence-electron chi connectivity index (χ2n) is 4.96. The molecule has 2 aromatic carbocycles. The quantitative estimate of drug-likeness (QED) is 0.683. The van der Waals surface area contributed by atoms with Crippen LogP contribution in [-0.2, 0) is 0 Å². The van der Waals surface area contributed by atoms with Gasteiger partial charge in [-0.05, 0) is 52.9 Å². The summed E-state index contributed by atoms with van der Waals surface area (Å²) in [4.78, 5) is 15.2. The molecule has 1 heterocycles. The van der Waals surface area contributed by atoms with E-state index < -0.39 is 0 Å². The Kier molecular flexibility index (Phi) is 3.05. The molecule has 0 fully saturated rings.